The Labute approximate surface area is 182 Å². The Bertz CT molecular complexity index is 872. The summed E-state index contributed by atoms with van der Waals surface area (Å²) in [5.41, 5.74) is 0.700. The van der Waals surface area contributed by atoms with Gasteiger partial charge in [0, 0.05) is 25.2 Å². The Balaban J connectivity index is 1.50. The molecule has 1 aromatic rings. The number of nitrogens with one attached hydrogen (secondary N) is 2. The second kappa shape index (κ2) is 10.5. The van der Waals surface area contributed by atoms with Gasteiger partial charge in [0.25, 0.3) is 0 Å². The molecule has 0 bridgehead atoms. The van der Waals surface area contributed by atoms with Crippen LogP contribution in [0, 0.1) is 0 Å². The predicted octanol–water partition coefficient (Wildman–Crippen LogP) is 1.01. The summed E-state index contributed by atoms with van der Waals surface area (Å²) < 4.78 is 31.9. The van der Waals surface area contributed by atoms with E-state index >= 15 is 0 Å². The molecule has 10 heteroatoms. The van der Waals surface area contributed by atoms with Gasteiger partial charge in [-0.2, -0.15) is 4.31 Å². The Morgan fingerprint density at radius 3 is 2.40 bits per heavy atom. The SMILES string of the molecule is O=C(/C=C/c1ccc(S(=O)(=O)N2CCOCC2)cc1)NC(=S)NC1CCC(O)CC1. The van der Waals surface area contributed by atoms with E-state index in [0.29, 0.717) is 31.9 Å². The summed E-state index contributed by atoms with van der Waals surface area (Å²) in [6, 6.07) is 6.53. The second-order valence-electron chi connectivity index (χ2n) is 7.39. The van der Waals surface area contributed by atoms with Crippen molar-refractivity contribution in [2.75, 3.05) is 26.3 Å². The van der Waals surface area contributed by atoms with E-state index < -0.39 is 10.0 Å². The van der Waals surface area contributed by atoms with Crippen molar-refractivity contribution < 1.29 is 23.1 Å². The van der Waals surface area contributed by atoms with Crippen LogP contribution in [0.2, 0.25) is 0 Å². The Morgan fingerprint density at radius 1 is 1.13 bits per heavy atom. The largest absolute Gasteiger partial charge is 0.393 e. The molecule has 1 saturated carbocycles. The van der Waals surface area contributed by atoms with Crippen molar-refractivity contribution in [1.82, 2.24) is 14.9 Å². The van der Waals surface area contributed by atoms with Crippen molar-refractivity contribution in [1.29, 1.82) is 0 Å². The van der Waals surface area contributed by atoms with Crippen molar-refractivity contribution in [3.63, 3.8) is 0 Å². The summed E-state index contributed by atoms with van der Waals surface area (Å²) in [6.45, 7) is 1.49. The number of benzene rings is 1. The minimum absolute atomic E-state index is 0.158. The van der Waals surface area contributed by atoms with E-state index in [1.54, 1.807) is 18.2 Å². The van der Waals surface area contributed by atoms with Gasteiger partial charge in [-0.15, -0.1) is 0 Å². The molecule has 0 radical (unpaired) electrons. The number of nitrogens with zero attached hydrogens (tertiary/aromatic N) is 1. The van der Waals surface area contributed by atoms with E-state index in [0.717, 1.165) is 25.7 Å². The minimum atomic E-state index is -3.53. The predicted molar refractivity (Wildman–Crippen MR) is 117 cm³/mol. The van der Waals surface area contributed by atoms with Crippen molar-refractivity contribution in [2.45, 2.75) is 42.7 Å². The summed E-state index contributed by atoms with van der Waals surface area (Å²) in [5, 5.41) is 15.5. The number of amides is 1. The third-order valence-electron chi connectivity index (χ3n) is 5.18. The third-order valence-corrected chi connectivity index (χ3v) is 7.32. The first-order chi connectivity index (χ1) is 14.3. The molecule has 0 aromatic heterocycles. The van der Waals surface area contributed by atoms with Crippen LogP contribution >= 0.6 is 12.2 Å². The molecule has 1 saturated heterocycles. The van der Waals surface area contributed by atoms with Crippen LogP contribution in [0.15, 0.2) is 35.2 Å². The van der Waals surface area contributed by atoms with Gasteiger partial charge in [0.2, 0.25) is 15.9 Å². The normalized spacial score (nSPS) is 23.2. The number of carbonyl (C=O) groups excluding carboxylic acids is 1. The fraction of sp³-hybridized carbons (Fsp3) is 0.500. The van der Waals surface area contributed by atoms with E-state index in [1.807, 2.05) is 0 Å². The van der Waals surface area contributed by atoms with Gasteiger partial charge in [0.1, 0.15) is 0 Å². The maximum atomic E-state index is 12.6. The molecule has 1 amide bonds. The maximum Gasteiger partial charge on any atom is 0.250 e. The number of thiocarbonyl (C=S) groups is 1. The van der Waals surface area contributed by atoms with Crippen LogP contribution in [0.4, 0.5) is 0 Å². The zero-order valence-electron chi connectivity index (χ0n) is 16.6. The number of sulfonamides is 1. The number of carbonyl (C=O) groups is 1. The molecule has 2 aliphatic rings. The van der Waals surface area contributed by atoms with Crippen LogP contribution in [-0.4, -0.2) is 67.3 Å². The molecule has 1 aliphatic carbocycles. The highest BCUT2D eigenvalue weighted by molar-refractivity contribution is 7.89. The zero-order chi connectivity index (χ0) is 21.6. The van der Waals surface area contributed by atoms with Gasteiger partial charge in [0.15, 0.2) is 5.11 Å². The summed E-state index contributed by atoms with van der Waals surface area (Å²) in [5.74, 6) is -0.367. The van der Waals surface area contributed by atoms with Crippen LogP contribution in [-0.2, 0) is 19.6 Å². The molecule has 8 nitrogen and oxygen atoms in total. The lowest BCUT2D eigenvalue weighted by molar-refractivity contribution is -0.115. The molecule has 3 rings (SSSR count). The summed E-state index contributed by atoms with van der Waals surface area (Å²) >= 11 is 5.17. The number of ether oxygens (including phenoxy) is 1. The molecule has 0 unspecified atom stereocenters. The highest BCUT2D eigenvalue weighted by Gasteiger charge is 2.26. The van der Waals surface area contributed by atoms with Gasteiger partial charge in [0.05, 0.1) is 24.2 Å². The van der Waals surface area contributed by atoms with Crippen molar-refractivity contribution >= 4 is 39.3 Å². The number of rotatable bonds is 5. The fourth-order valence-corrected chi connectivity index (χ4v) is 5.13. The molecule has 1 aromatic carbocycles. The summed E-state index contributed by atoms with van der Waals surface area (Å²) in [6.07, 6.45) is 5.78. The number of aliphatic hydroxyl groups excluding tert-OH is 1. The minimum Gasteiger partial charge on any atom is -0.393 e. The summed E-state index contributed by atoms with van der Waals surface area (Å²) in [7, 11) is -3.53. The van der Waals surface area contributed by atoms with E-state index in [4.69, 9.17) is 17.0 Å². The molecule has 0 atom stereocenters. The molecular formula is C20H27N3O5S2. The van der Waals surface area contributed by atoms with Crippen LogP contribution in [0.5, 0.6) is 0 Å². The van der Waals surface area contributed by atoms with E-state index in [9.17, 15) is 18.3 Å². The Morgan fingerprint density at radius 2 is 1.77 bits per heavy atom. The van der Waals surface area contributed by atoms with Gasteiger partial charge in [-0.25, -0.2) is 8.42 Å². The quantitative estimate of drug-likeness (QED) is 0.451. The number of aliphatic hydroxyl groups is 1. The molecule has 30 heavy (non-hydrogen) atoms. The topological polar surface area (TPSA) is 108 Å². The lowest BCUT2D eigenvalue weighted by Gasteiger charge is -2.27. The fourth-order valence-electron chi connectivity index (χ4n) is 3.45. The highest BCUT2D eigenvalue weighted by Crippen LogP contribution is 2.19. The molecular weight excluding hydrogens is 426 g/mol. The standard InChI is InChI=1S/C20H27N3O5S2/c24-17-6-4-16(5-7-17)21-20(29)22-19(25)10-3-15-1-8-18(9-2-15)30(26,27)23-11-13-28-14-12-23/h1-3,8-10,16-17,24H,4-7,11-14H2,(H2,21,22,25,29)/b10-3+. The molecule has 164 valence electrons. The molecule has 1 heterocycles. The van der Waals surface area contributed by atoms with Gasteiger partial charge < -0.3 is 15.2 Å². The van der Waals surface area contributed by atoms with E-state index in [-0.39, 0.29) is 28.1 Å². The van der Waals surface area contributed by atoms with Crippen LogP contribution in [0.1, 0.15) is 31.2 Å². The van der Waals surface area contributed by atoms with Crippen LogP contribution in [0.25, 0.3) is 6.08 Å². The number of hydrogen-bond donors (Lipinski definition) is 3. The lowest BCUT2D eigenvalue weighted by Crippen LogP contribution is -2.45. The molecule has 1 aliphatic heterocycles. The number of hydrogen-bond acceptors (Lipinski definition) is 6. The van der Waals surface area contributed by atoms with Gasteiger partial charge in [-0.1, -0.05) is 12.1 Å². The first kappa shape index (κ1) is 22.8. The van der Waals surface area contributed by atoms with Crippen molar-refractivity contribution in [2.24, 2.45) is 0 Å². The van der Waals surface area contributed by atoms with Crippen molar-refractivity contribution in [3.8, 4) is 0 Å². The first-order valence-corrected chi connectivity index (χ1v) is 11.8. The average molecular weight is 454 g/mol. The number of morpholine rings is 1. The maximum absolute atomic E-state index is 12.6. The third kappa shape index (κ3) is 6.32. The molecule has 2 fully saturated rings. The molecule has 0 spiro atoms. The first-order valence-electron chi connectivity index (χ1n) is 10.0. The lowest BCUT2D eigenvalue weighted by atomic mass is 9.93. The van der Waals surface area contributed by atoms with E-state index in [1.165, 1.54) is 22.5 Å². The monoisotopic (exact) mass is 453 g/mol. The van der Waals surface area contributed by atoms with Crippen LogP contribution < -0.4 is 10.6 Å². The smallest absolute Gasteiger partial charge is 0.250 e. The van der Waals surface area contributed by atoms with Gasteiger partial charge >= 0.3 is 0 Å². The second-order valence-corrected chi connectivity index (χ2v) is 9.73. The van der Waals surface area contributed by atoms with Crippen molar-refractivity contribution in [3.05, 3.63) is 35.9 Å². The zero-order valence-corrected chi connectivity index (χ0v) is 18.3. The Hall–Kier alpha value is -1.85. The van der Waals surface area contributed by atoms with E-state index in [2.05, 4.69) is 10.6 Å². The Kier molecular flexibility index (Phi) is 7.95. The van der Waals surface area contributed by atoms with Gasteiger partial charge in [-0.3, -0.25) is 10.1 Å². The van der Waals surface area contributed by atoms with Crippen LogP contribution in [0.3, 0.4) is 0 Å². The summed E-state index contributed by atoms with van der Waals surface area (Å²) in [4.78, 5) is 12.3. The highest BCUT2D eigenvalue weighted by atomic mass is 32.2. The molecule has 3 N–H and O–H groups in total. The van der Waals surface area contributed by atoms with Gasteiger partial charge in [-0.05, 0) is 61.7 Å². The average Bonchev–Trinajstić information content (AvgIpc) is 2.75.